The standard InChI is InChI=1S/C17H15N3.C2H4/c1-11-10-12-6-2-3-8-14(12)16-17(19-20-18-16)15-9-5-4-7-13(11)15;1-2/h2-9,11H,10H2,1H3,(H,18,19,20);1-2H2. The Balaban J connectivity index is 0.000000693. The molecule has 3 heteroatoms. The van der Waals surface area contributed by atoms with Gasteiger partial charge in [0.15, 0.2) is 0 Å². The summed E-state index contributed by atoms with van der Waals surface area (Å²) in [5, 5.41) is 11.6. The maximum atomic E-state index is 4.40. The quantitative estimate of drug-likeness (QED) is 0.614. The summed E-state index contributed by atoms with van der Waals surface area (Å²) in [4.78, 5) is 0. The van der Waals surface area contributed by atoms with Crippen molar-refractivity contribution in [3.8, 4) is 22.5 Å². The molecule has 4 rings (SSSR count). The zero-order chi connectivity index (χ0) is 15.5. The molecule has 3 nitrogen and oxygen atoms in total. The smallest absolute Gasteiger partial charge is 0.121 e. The van der Waals surface area contributed by atoms with E-state index < -0.39 is 0 Å². The molecule has 22 heavy (non-hydrogen) atoms. The van der Waals surface area contributed by atoms with Gasteiger partial charge < -0.3 is 0 Å². The van der Waals surface area contributed by atoms with E-state index in [9.17, 15) is 0 Å². The third kappa shape index (κ3) is 2.25. The summed E-state index contributed by atoms with van der Waals surface area (Å²) >= 11 is 0. The maximum absolute atomic E-state index is 4.40. The number of H-pyrrole nitrogens is 1. The molecular formula is C19H19N3. The molecule has 0 amide bonds. The molecule has 1 aliphatic rings. The molecule has 0 saturated heterocycles. The van der Waals surface area contributed by atoms with Crippen LogP contribution in [0, 0.1) is 0 Å². The lowest BCUT2D eigenvalue weighted by Gasteiger charge is -2.20. The predicted molar refractivity (Wildman–Crippen MR) is 90.6 cm³/mol. The average Bonchev–Trinajstić information content (AvgIpc) is 3.05. The van der Waals surface area contributed by atoms with Crippen LogP contribution in [-0.4, -0.2) is 15.4 Å². The van der Waals surface area contributed by atoms with Crippen molar-refractivity contribution in [3.63, 3.8) is 0 Å². The lowest BCUT2D eigenvalue weighted by Crippen LogP contribution is -2.05. The van der Waals surface area contributed by atoms with Crippen LogP contribution < -0.4 is 0 Å². The highest BCUT2D eigenvalue weighted by atomic mass is 15.3. The number of fused-ring (bicyclic) bond motifs is 5. The predicted octanol–water partition coefficient (Wildman–Crippen LogP) is 4.60. The van der Waals surface area contributed by atoms with Crippen molar-refractivity contribution in [2.75, 3.05) is 0 Å². The zero-order valence-electron chi connectivity index (χ0n) is 12.7. The number of rotatable bonds is 0. The van der Waals surface area contributed by atoms with Gasteiger partial charge in [-0.1, -0.05) is 55.5 Å². The molecule has 1 aliphatic carbocycles. The van der Waals surface area contributed by atoms with Gasteiger partial charge in [0.2, 0.25) is 0 Å². The number of nitrogens with zero attached hydrogens (tertiary/aromatic N) is 2. The number of benzene rings is 2. The van der Waals surface area contributed by atoms with E-state index >= 15 is 0 Å². The van der Waals surface area contributed by atoms with Gasteiger partial charge in [-0.15, -0.1) is 13.2 Å². The van der Waals surface area contributed by atoms with Crippen LogP contribution in [-0.2, 0) is 6.42 Å². The van der Waals surface area contributed by atoms with Crippen molar-refractivity contribution in [1.29, 1.82) is 0 Å². The van der Waals surface area contributed by atoms with Crippen LogP contribution in [0.5, 0.6) is 0 Å². The highest BCUT2D eigenvalue weighted by Gasteiger charge is 2.23. The summed E-state index contributed by atoms with van der Waals surface area (Å²) in [5.74, 6) is 0.470. The number of hydrogen-bond acceptors (Lipinski definition) is 2. The van der Waals surface area contributed by atoms with Crippen LogP contribution >= 0.6 is 0 Å². The normalized spacial score (nSPS) is 15.2. The minimum atomic E-state index is 0.470. The Kier molecular flexibility index (Phi) is 3.88. The van der Waals surface area contributed by atoms with Crippen LogP contribution in [0.25, 0.3) is 22.5 Å². The van der Waals surface area contributed by atoms with E-state index in [0.717, 1.165) is 17.8 Å². The number of hydrogen-bond donors (Lipinski definition) is 1. The Hall–Kier alpha value is -2.68. The van der Waals surface area contributed by atoms with Gasteiger partial charge in [-0.2, -0.15) is 15.4 Å². The first-order chi connectivity index (χ1) is 10.8. The number of aromatic nitrogens is 3. The summed E-state index contributed by atoms with van der Waals surface area (Å²) in [6.07, 6.45) is 1.03. The summed E-state index contributed by atoms with van der Waals surface area (Å²) < 4.78 is 0. The molecule has 0 saturated carbocycles. The monoisotopic (exact) mass is 289 g/mol. The zero-order valence-corrected chi connectivity index (χ0v) is 12.7. The molecule has 0 fully saturated rings. The van der Waals surface area contributed by atoms with Crippen molar-refractivity contribution in [2.45, 2.75) is 19.3 Å². The molecule has 1 unspecified atom stereocenters. The Morgan fingerprint density at radius 1 is 0.909 bits per heavy atom. The van der Waals surface area contributed by atoms with E-state index in [1.54, 1.807) is 0 Å². The van der Waals surface area contributed by atoms with Gasteiger partial charge in [0.1, 0.15) is 11.4 Å². The van der Waals surface area contributed by atoms with E-state index in [1.165, 1.54) is 22.3 Å². The fraction of sp³-hybridized carbons (Fsp3) is 0.158. The Morgan fingerprint density at radius 2 is 1.50 bits per heavy atom. The second kappa shape index (κ2) is 5.98. The minimum absolute atomic E-state index is 0.470. The van der Waals surface area contributed by atoms with Crippen molar-refractivity contribution < 1.29 is 0 Å². The topological polar surface area (TPSA) is 41.6 Å². The molecule has 1 atom stereocenters. The molecule has 0 aliphatic heterocycles. The summed E-state index contributed by atoms with van der Waals surface area (Å²) in [5.41, 5.74) is 6.98. The number of nitrogens with one attached hydrogen (secondary N) is 1. The molecule has 2 aromatic carbocycles. The van der Waals surface area contributed by atoms with Gasteiger partial charge in [0.25, 0.3) is 0 Å². The molecule has 110 valence electrons. The average molecular weight is 289 g/mol. The van der Waals surface area contributed by atoms with Gasteiger partial charge in [0.05, 0.1) is 0 Å². The third-order valence-corrected chi connectivity index (χ3v) is 4.09. The molecule has 0 radical (unpaired) electrons. The highest BCUT2D eigenvalue weighted by molar-refractivity contribution is 5.82. The van der Waals surface area contributed by atoms with Crippen LogP contribution in [0.1, 0.15) is 24.0 Å². The molecular weight excluding hydrogens is 270 g/mol. The van der Waals surface area contributed by atoms with Crippen molar-refractivity contribution in [1.82, 2.24) is 15.4 Å². The minimum Gasteiger partial charge on any atom is -0.197 e. The second-order valence-corrected chi connectivity index (χ2v) is 5.37. The molecule has 0 bridgehead atoms. The van der Waals surface area contributed by atoms with Gasteiger partial charge in [-0.25, -0.2) is 0 Å². The molecule has 1 N–H and O–H groups in total. The first kappa shape index (κ1) is 14.3. The summed E-state index contributed by atoms with van der Waals surface area (Å²) in [6, 6.07) is 17.0. The van der Waals surface area contributed by atoms with Gasteiger partial charge in [0, 0.05) is 11.1 Å². The SMILES string of the molecule is C=C.CC1Cc2ccccc2-c2n[nH]nc2-c2ccccc21. The van der Waals surface area contributed by atoms with Crippen LogP contribution in [0.15, 0.2) is 61.7 Å². The Labute approximate surface area is 130 Å². The molecule has 1 aromatic heterocycles. The van der Waals surface area contributed by atoms with Crippen molar-refractivity contribution in [2.24, 2.45) is 0 Å². The van der Waals surface area contributed by atoms with Gasteiger partial charge >= 0.3 is 0 Å². The third-order valence-electron chi connectivity index (χ3n) is 4.09. The van der Waals surface area contributed by atoms with Crippen molar-refractivity contribution >= 4 is 0 Å². The van der Waals surface area contributed by atoms with Crippen LogP contribution in [0.2, 0.25) is 0 Å². The van der Waals surface area contributed by atoms with Crippen LogP contribution in [0.4, 0.5) is 0 Å². The van der Waals surface area contributed by atoms with E-state index in [2.05, 4.69) is 84.0 Å². The fourth-order valence-corrected chi connectivity index (χ4v) is 3.12. The largest absolute Gasteiger partial charge is 0.197 e. The second-order valence-electron chi connectivity index (χ2n) is 5.37. The highest BCUT2D eigenvalue weighted by Crippen LogP contribution is 2.39. The van der Waals surface area contributed by atoms with Crippen LogP contribution in [0.3, 0.4) is 0 Å². The molecule has 1 heterocycles. The summed E-state index contributed by atoms with van der Waals surface area (Å²) in [7, 11) is 0. The van der Waals surface area contributed by atoms with E-state index in [-0.39, 0.29) is 0 Å². The van der Waals surface area contributed by atoms with E-state index in [4.69, 9.17) is 0 Å². The lowest BCUT2D eigenvalue weighted by molar-refractivity contribution is 0.760. The Bertz CT molecular complexity index is 789. The first-order valence-electron chi connectivity index (χ1n) is 7.43. The summed E-state index contributed by atoms with van der Waals surface area (Å²) in [6.45, 7) is 8.28. The Morgan fingerprint density at radius 3 is 2.27 bits per heavy atom. The maximum Gasteiger partial charge on any atom is 0.121 e. The first-order valence-corrected chi connectivity index (χ1v) is 7.43. The van der Waals surface area contributed by atoms with Gasteiger partial charge in [-0.05, 0) is 23.5 Å². The van der Waals surface area contributed by atoms with Gasteiger partial charge in [-0.3, -0.25) is 0 Å². The fourth-order valence-electron chi connectivity index (χ4n) is 3.12. The molecule has 3 aromatic rings. The van der Waals surface area contributed by atoms with E-state index in [0.29, 0.717) is 5.92 Å². The van der Waals surface area contributed by atoms with E-state index in [1.807, 2.05) is 0 Å². The van der Waals surface area contributed by atoms with Crippen molar-refractivity contribution in [3.05, 3.63) is 72.8 Å². The molecule has 0 spiro atoms. The number of aromatic amines is 1. The lowest BCUT2D eigenvalue weighted by atomic mass is 9.83.